The lowest BCUT2D eigenvalue weighted by Gasteiger charge is -2.26. The third-order valence-corrected chi connectivity index (χ3v) is 7.06. The van der Waals surface area contributed by atoms with Crippen LogP contribution in [-0.2, 0) is 4.74 Å². The van der Waals surface area contributed by atoms with Gasteiger partial charge in [-0.3, -0.25) is 10.3 Å². The molecule has 0 radical (unpaired) electrons. The molecule has 1 aliphatic heterocycles. The molecule has 0 aliphatic carbocycles. The van der Waals surface area contributed by atoms with E-state index in [1.54, 1.807) is 22.7 Å². The van der Waals surface area contributed by atoms with Crippen LogP contribution in [0.3, 0.4) is 0 Å². The normalized spacial score (nSPS) is 14.9. The van der Waals surface area contributed by atoms with E-state index in [1.807, 2.05) is 25.3 Å². The number of aliphatic imine (C=N–C) groups is 1. The van der Waals surface area contributed by atoms with Crippen LogP contribution in [0.4, 0.5) is 4.39 Å². The van der Waals surface area contributed by atoms with Gasteiger partial charge in [0.25, 0.3) is 0 Å². The molecule has 4 heterocycles. The summed E-state index contributed by atoms with van der Waals surface area (Å²) in [6.07, 6.45) is 2.72. The van der Waals surface area contributed by atoms with Gasteiger partial charge in [-0.15, -0.1) is 11.3 Å². The van der Waals surface area contributed by atoms with Gasteiger partial charge in [-0.2, -0.15) is 5.10 Å². The van der Waals surface area contributed by atoms with Crippen molar-refractivity contribution in [1.29, 1.82) is 5.41 Å². The van der Waals surface area contributed by atoms with Crippen LogP contribution in [0.25, 0.3) is 27.3 Å². The fraction of sp³-hybridized carbons (Fsp3) is 0.280. The second kappa shape index (κ2) is 10.5. The zero-order valence-electron chi connectivity index (χ0n) is 19.8. The monoisotopic (exact) mass is 507 g/mol. The summed E-state index contributed by atoms with van der Waals surface area (Å²) in [5, 5.41) is 12.6. The molecule has 4 aromatic rings. The number of nitrogens with two attached hydrogens (primary N) is 1. The van der Waals surface area contributed by atoms with E-state index in [0.717, 1.165) is 61.7 Å². The Morgan fingerprint density at radius 3 is 2.89 bits per heavy atom. The van der Waals surface area contributed by atoms with E-state index in [9.17, 15) is 4.39 Å². The first kappa shape index (κ1) is 24.0. The lowest BCUT2D eigenvalue weighted by Crippen LogP contribution is -2.38. The molecule has 0 saturated carbocycles. The number of halogens is 1. The van der Waals surface area contributed by atoms with Crippen molar-refractivity contribution in [2.45, 2.75) is 6.92 Å². The summed E-state index contributed by atoms with van der Waals surface area (Å²) in [4.78, 5) is 11.5. The number of aryl methyl sites for hydroxylation is 1. The third-order valence-electron chi connectivity index (χ3n) is 5.97. The maximum Gasteiger partial charge on any atom is 0.144 e. The van der Waals surface area contributed by atoms with E-state index in [0.29, 0.717) is 27.7 Å². The van der Waals surface area contributed by atoms with Crippen LogP contribution in [-0.4, -0.2) is 71.1 Å². The lowest BCUT2D eigenvalue weighted by atomic mass is 10.1. The Balaban J connectivity index is 1.51. The summed E-state index contributed by atoms with van der Waals surface area (Å²) < 4.78 is 27.9. The largest absolute Gasteiger partial charge is 0.492 e. The molecule has 1 saturated heterocycles. The molecule has 1 fully saturated rings. The van der Waals surface area contributed by atoms with Gasteiger partial charge in [0.05, 0.1) is 40.6 Å². The number of hydrogen-bond donors (Lipinski definition) is 2. The number of fused-ring (bicyclic) bond motifs is 1. The lowest BCUT2D eigenvalue weighted by molar-refractivity contribution is 0.0322. The fourth-order valence-electron chi connectivity index (χ4n) is 4.18. The zero-order chi connectivity index (χ0) is 25.1. The Morgan fingerprint density at radius 2 is 2.11 bits per heavy atom. The molecule has 0 atom stereocenters. The highest BCUT2D eigenvalue weighted by molar-refractivity contribution is 7.17. The second-order valence-corrected chi connectivity index (χ2v) is 9.27. The quantitative estimate of drug-likeness (QED) is 0.278. The fourth-order valence-corrected chi connectivity index (χ4v) is 5.27. The van der Waals surface area contributed by atoms with Gasteiger partial charge in [-0.1, -0.05) is 12.1 Å². The van der Waals surface area contributed by atoms with Crippen LogP contribution in [0.2, 0.25) is 0 Å². The number of benzene rings is 1. The number of ether oxygens (including phenoxy) is 2. The van der Waals surface area contributed by atoms with Crippen LogP contribution in [0, 0.1) is 18.2 Å². The van der Waals surface area contributed by atoms with Crippen LogP contribution in [0.5, 0.6) is 5.75 Å². The van der Waals surface area contributed by atoms with Gasteiger partial charge < -0.3 is 15.2 Å². The minimum atomic E-state index is -0.411. The number of nitrogens with one attached hydrogen (secondary N) is 1. The highest BCUT2D eigenvalue weighted by atomic mass is 32.1. The summed E-state index contributed by atoms with van der Waals surface area (Å²) >= 11 is 1.29. The highest BCUT2D eigenvalue weighted by Gasteiger charge is 2.23. The molecule has 0 spiro atoms. The number of pyridine rings is 1. The third kappa shape index (κ3) is 4.85. The molecule has 1 aliphatic rings. The van der Waals surface area contributed by atoms with E-state index in [-0.39, 0.29) is 5.84 Å². The van der Waals surface area contributed by atoms with Gasteiger partial charge in [-0.05, 0) is 25.1 Å². The highest BCUT2D eigenvalue weighted by Crippen LogP contribution is 2.38. The van der Waals surface area contributed by atoms with Crippen molar-refractivity contribution < 1.29 is 13.9 Å². The Labute approximate surface area is 211 Å². The Bertz CT molecular complexity index is 1430. The van der Waals surface area contributed by atoms with Crippen molar-refractivity contribution in [3.63, 3.8) is 0 Å². The predicted octanol–water partition coefficient (Wildman–Crippen LogP) is 3.60. The average molecular weight is 508 g/mol. The van der Waals surface area contributed by atoms with Crippen molar-refractivity contribution in [2.24, 2.45) is 10.7 Å². The molecule has 0 unspecified atom stereocenters. The van der Waals surface area contributed by atoms with Gasteiger partial charge in [0.1, 0.15) is 35.4 Å². The number of hydrogen-bond acceptors (Lipinski definition) is 7. The van der Waals surface area contributed by atoms with Gasteiger partial charge in [0, 0.05) is 37.5 Å². The molecule has 0 amide bonds. The Kier molecular flexibility index (Phi) is 7.03. The predicted molar refractivity (Wildman–Crippen MR) is 139 cm³/mol. The molecule has 0 bridgehead atoms. The van der Waals surface area contributed by atoms with Crippen molar-refractivity contribution in [1.82, 2.24) is 19.5 Å². The van der Waals surface area contributed by atoms with Gasteiger partial charge in [-0.25, -0.2) is 18.9 Å². The summed E-state index contributed by atoms with van der Waals surface area (Å²) in [5.41, 5.74) is 9.24. The van der Waals surface area contributed by atoms with Gasteiger partial charge in [0.2, 0.25) is 0 Å². The molecular weight excluding hydrogens is 481 g/mol. The van der Waals surface area contributed by atoms with Gasteiger partial charge in [0.15, 0.2) is 0 Å². The number of aromatic nitrogens is 3. The first-order valence-corrected chi connectivity index (χ1v) is 12.4. The standard InChI is InChI=1S/C25H26FN7O2S/c1-16-21(20-14-17(6-7-33(20)31-16)35-13-10-32-8-11-34-12-9-32)25-30-22(18-4-2-3-5-19(18)26)23(36-25)24(28)29-15-27/h2-7,14-15H,8-13H2,1H3,(H3,27,28,29). The number of thiazole rings is 1. The second-order valence-electron chi connectivity index (χ2n) is 8.28. The smallest absolute Gasteiger partial charge is 0.144 e. The first-order chi connectivity index (χ1) is 17.5. The summed E-state index contributed by atoms with van der Waals surface area (Å²) in [6, 6.07) is 10.2. The SMILES string of the molecule is Cc1nn2ccc(OCCN3CCOCC3)cc2c1-c1nc(-c2ccccc2F)c(C(N)=NC=N)s1. The van der Waals surface area contributed by atoms with Gasteiger partial charge >= 0.3 is 0 Å². The molecule has 3 N–H and O–H groups in total. The van der Waals surface area contributed by atoms with E-state index < -0.39 is 5.82 Å². The number of nitrogens with zero attached hydrogens (tertiary/aromatic N) is 5. The molecule has 5 rings (SSSR count). The summed E-state index contributed by atoms with van der Waals surface area (Å²) in [6.45, 7) is 6.63. The van der Waals surface area contributed by atoms with Crippen molar-refractivity contribution >= 4 is 29.0 Å². The van der Waals surface area contributed by atoms with Crippen molar-refractivity contribution in [3.05, 3.63) is 59.0 Å². The van der Waals surface area contributed by atoms with E-state index in [4.69, 9.17) is 25.6 Å². The summed E-state index contributed by atoms with van der Waals surface area (Å²) in [5.74, 6) is 0.423. The van der Waals surface area contributed by atoms with Crippen molar-refractivity contribution in [3.8, 4) is 27.6 Å². The minimum absolute atomic E-state index is 0.105. The van der Waals surface area contributed by atoms with Crippen LogP contribution >= 0.6 is 11.3 Å². The molecular formula is C25H26FN7O2S. The first-order valence-electron chi connectivity index (χ1n) is 11.6. The van der Waals surface area contributed by atoms with E-state index in [2.05, 4.69) is 15.0 Å². The number of amidine groups is 1. The van der Waals surface area contributed by atoms with E-state index in [1.165, 1.54) is 17.4 Å². The minimum Gasteiger partial charge on any atom is -0.492 e. The number of rotatable bonds is 8. The maximum atomic E-state index is 14.7. The summed E-state index contributed by atoms with van der Waals surface area (Å²) in [7, 11) is 0. The molecule has 1 aromatic carbocycles. The molecule has 36 heavy (non-hydrogen) atoms. The van der Waals surface area contributed by atoms with E-state index >= 15 is 0 Å². The Morgan fingerprint density at radius 1 is 1.31 bits per heavy atom. The van der Waals surface area contributed by atoms with Crippen molar-refractivity contribution in [2.75, 3.05) is 39.5 Å². The maximum absolute atomic E-state index is 14.7. The molecule has 186 valence electrons. The van der Waals surface area contributed by atoms with Crippen LogP contribution in [0.15, 0.2) is 47.6 Å². The zero-order valence-corrected chi connectivity index (χ0v) is 20.6. The number of morpholine rings is 1. The molecule has 9 nitrogen and oxygen atoms in total. The molecule has 11 heteroatoms. The average Bonchev–Trinajstić information content (AvgIpc) is 3.45. The van der Waals surface area contributed by atoms with Crippen LogP contribution in [0.1, 0.15) is 10.6 Å². The van der Waals surface area contributed by atoms with Crippen LogP contribution < -0.4 is 10.5 Å². The topological polar surface area (TPSA) is 114 Å². The Hall–Kier alpha value is -3.67. The molecule has 3 aromatic heterocycles.